The van der Waals surface area contributed by atoms with Crippen LogP contribution in [0.2, 0.25) is 0 Å². The summed E-state index contributed by atoms with van der Waals surface area (Å²) in [5, 5.41) is 4.96. The Bertz CT molecular complexity index is 722. The monoisotopic (exact) mass is 330 g/mol. The minimum absolute atomic E-state index is 0.237. The van der Waals surface area contributed by atoms with Crippen LogP contribution in [-0.4, -0.2) is 9.78 Å². The number of hydrogen-bond acceptors (Lipinski definition) is 1. The Morgan fingerprint density at radius 1 is 1.05 bits per heavy atom. The van der Waals surface area contributed by atoms with Crippen LogP contribution in [0.25, 0.3) is 16.8 Å². The van der Waals surface area contributed by atoms with Crippen LogP contribution in [0.3, 0.4) is 0 Å². The van der Waals surface area contributed by atoms with Gasteiger partial charge < -0.3 is 0 Å². The van der Waals surface area contributed by atoms with Crippen molar-refractivity contribution in [2.75, 3.05) is 0 Å². The summed E-state index contributed by atoms with van der Waals surface area (Å²) in [7, 11) is 0. The van der Waals surface area contributed by atoms with E-state index in [9.17, 15) is 4.39 Å². The molecule has 100 valence electrons. The average molecular weight is 331 g/mol. The van der Waals surface area contributed by atoms with Crippen molar-refractivity contribution in [3.8, 4) is 16.8 Å². The maximum absolute atomic E-state index is 13.3. The first-order chi connectivity index (χ1) is 9.78. The van der Waals surface area contributed by atoms with Crippen LogP contribution >= 0.6 is 15.9 Å². The van der Waals surface area contributed by atoms with Crippen LogP contribution in [-0.2, 0) is 5.33 Å². The van der Waals surface area contributed by atoms with Gasteiger partial charge in [-0.1, -0.05) is 46.3 Å². The lowest BCUT2D eigenvalue weighted by molar-refractivity contribution is 0.625. The molecule has 0 aliphatic carbocycles. The first kappa shape index (κ1) is 13.1. The topological polar surface area (TPSA) is 17.8 Å². The molecule has 0 aliphatic heterocycles. The van der Waals surface area contributed by atoms with Crippen molar-refractivity contribution in [3.63, 3.8) is 0 Å². The zero-order valence-corrected chi connectivity index (χ0v) is 12.2. The smallest absolute Gasteiger partial charge is 0.123 e. The molecule has 0 aliphatic rings. The van der Waals surface area contributed by atoms with Gasteiger partial charge in [-0.15, -0.1) is 0 Å². The van der Waals surface area contributed by atoms with Gasteiger partial charge in [0.05, 0.1) is 11.9 Å². The Morgan fingerprint density at radius 2 is 1.85 bits per heavy atom. The van der Waals surface area contributed by atoms with Crippen molar-refractivity contribution in [1.29, 1.82) is 0 Å². The number of nitrogens with zero attached hydrogens (tertiary/aromatic N) is 2. The highest BCUT2D eigenvalue weighted by Gasteiger charge is 2.08. The molecule has 1 aromatic heterocycles. The van der Waals surface area contributed by atoms with Gasteiger partial charge in [-0.05, 0) is 29.3 Å². The first-order valence-corrected chi connectivity index (χ1v) is 7.35. The molecule has 0 saturated heterocycles. The van der Waals surface area contributed by atoms with Gasteiger partial charge in [-0.3, -0.25) is 0 Å². The van der Waals surface area contributed by atoms with E-state index in [2.05, 4.69) is 21.0 Å². The molecule has 0 bridgehead atoms. The highest BCUT2D eigenvalue weighted by molar-refractivity contribution is 9.08. The van der Waals surface area contributed by atoms with Gasteiger partial charge in [0.2, 0.25) is 0 Å². The third-order valence-corrected chi connectivity index (χ3v) is 3.73. The lowest BCUT2D eigenvalue weighted by Gasteiger charge is -2.07. The van der Waals surface area contributed by atoms with Gasteiger partial charge in [0, 0.05) is 17.1 Å². The van der Waals surface area contributed by atoms with Crippen molar-refractivity contribution in [2.45, 2.75) is 5.33 Å². The van der Waals surface area contributed by atoms with Gasteiger partial charge in [0.15, 0.2) is 0 Å². The number of benzene rings is 2. The predicted molar refractivity (Wildman–Crippen MR) is 81.6 cm³/mol. The van der Waals surface area contributed by atoms with Crippen molar-refractivity contribution < 1.29 is 4.39 Å². The van der Waals surface area contributed by atoms with E-state index < -0.39 is 0 Å². The molecule has 3 rings (SSSR count). The number of aromatic nitrogens is 2. The minimum atomic E-state index is -0.237. The summed E-state index contributed by atoms with van der Waals surface area (Å²) in [5.41, 5.74) is 3.90. The Balaban J connectivity index is 2.02. The second-order valence-corrected chi connectivity index (χ2v) is 5.01. The van der Waals surface area contributed by atoms with Crippen LogP contribution in [0.15, 0.2) is 60.9 Å². The molecule has 3 aromatic rings. The molecule has 4 heteroatoms. The normalized spacial score (nSPS) is 10.7. The second kappa shape index (κ2) is 5.59. The van der Waals surface area contributed by atoms with E-state index in [1.165, 1.54) is 12.1 Å². The summed E-state index contributed by atoms with van der Waals surface area (Å²) in [4.78, 5) is 0. The lowest BCUT2D eigenvalue weighted by atomic mass is 10.1. The van der Waals surface area contributed by atoms with Gasteiger partial charge in [-0.25, -0.2) is 9.07 Å². The molecule has 0 radical (unpaired) electrons. The summed E-state index contributed by atoms with van der Waals surface area (Å²) in [5.74, 6) is -0.237. The van der Waals surface area contributed by atoms with E-state index in [1.54, 1.807) is 10.7 Å². The second-order valence-electron chi connectivity index (χ2n) is 4.45. The molecule has 2 nitrogen and oxygen atoms in total. The largest absolute Gasteiger partial charge is 0.240 e. The van der Waals surface area contributed by atoms with E-state index >= 15 is 0 Å². The van der Waals surface area contributed by atoms with Crippen molar-refractivity contribution >= 4 is 15.9 Å². The number of hydrogen-bond donors (Lipinski definition) is 0. The van der Waals surface area contributed by atoms with E-state index in [4.69, 9.17) is 0 Å². The maximum atomic E-state index is 13.3. The van der Waals surface area contributed by atoms with Gasteiger partial charge in [-0.2, -0.15) is 5.10 Å². The Morgan fingerprint density at radius 3 is 2.60 bits per heavy atom. The molecular formula is C16H12BrFN2. The molecular weight excluding hydrogens is 319 g/mol. The van der Waals surface area contributed by atoms with E-state index in [-0.39, 0.29) is 5.82 Å². The van der Waals surface area contributed by atoms with Crippen molar-refractivity contribution in [2.24, 2.45) is 0 Å². The van der Waals surface area contributed by atoms with Gasteiger partial charge in [0.25, 0.3) is 0 Å². The third kappa shape index (κ3) is 2.51. The van der Waals surface area contributed by atoms with E-state index in [0.717, 1.165) is 22.4 Å². The zero-order valence-electron chi connectivity index (χ0n) is 10.6. The fourth-order valence-corrected chi connectivity index (χ4v) is 2.57. The highest BCUT2D eigenvalue weighted by Crippen LogP contribution is 2.23. The highest BCUT2D eigenvalue weighted by atomic mass is 79.9. The number of rotatable bonds is 3. The van der Waals surface area contributed by atoms with Gasteiger partial charge >= 0.3 is 0 Å². The third-order valence-electron chi connectivity index (χ3n) is 3.12. The van der Waals surface area contributed by atoms with Crippen LogP contribution in [0, 0.1) is 5.82 Å². The molecule has 0 unspecified atom stereocenters. The quantitative estimate of drug-likeness (QED) is 0.643. The van der Waals surface area contributed by atoms with Crippen LogP contribution in [0.5, 0.6) is 0 Å². The lowest BCUT2D eigenvalue weighted by Crippen LogP contribution is -1.99. The molecule has 0 saturated carbocycles. The molecule has 1 heterocycles. The number of alkyl halides is 1. The Hall–Kier alpha value is -1.94. The molecule has 20 heavy (non-hydrogen) atoms. The molecule has 2 aromatic carbocycles. The first-order valence-electron chi connectivity index (χ1n) is 6.23. The van der Waals surface area contributed by atoms with Crippen LogP contribution < -0.4 is 0 Å². The minimum Gasteiger partial charge on any atom is -0.240 e. The maximum Gasteiger partial charge on any atom is 0.123 e. The standard InChI is InChI=1S/C16H12BrFN2/c17-9-13-8-15(18)6-7-16(13)20-11-14(10-19-20)12-4-2-1-3-5-12/h1-8,10-11H,9H2. The average Bonchev–Trinajstić information content (AvgIpc) is 2.97. The fraction of sp³-hybridized carbons (Fsp3) is 0.0625. The zero-order chi connectivity index (χ0) is 13.9. The summed E-state index contributed by atoms with van der Waals surface area (Å²) < 4.78 is 15.0. The molecule has 0 amide bonds. The molecule has 0 N–H and O–H groups in total. The summed E-state index contributed by atoms with van der Waals surface area (Å²) in [6, 6.07) is 14.8. The Labute approximate surface area is 125 Å². The predicted octanol–water partition coefficient (Wildman–Crippen LogP) is 4.57. The summed E-state index contributed by atoms with van der Waals surface area (Å²) in [6.45, 7) is 0. The van der Waals surface area contributed by atoms with E-state index in [1.807, 2.05) is 42.7 Å². The molecule has 0 spiro atoms. The van der Waals surface area contributed by atoms with Crippen molar-refractivity contribution in [1.82, 2.24) is 9.78 Å². The summed E-state index contributed by atoms with van der Waals surface area (Å²) >= 11 is 3.38. The number of halogens is 2. The summed E-state index contributed by atoms with van der Waals surface area (Å²) in [6.07, 6.45) is 3.77. The van der Waals surface area contributed by atoms with E-state index in [0.29, 0.717) is 5.33 Å². The SMILES string of the molecule is Fc1ccc(-n2cc(-c3ccccc3)cn2)c(CBr)c1. The van der Waals surface area contributed by atoms with Crippen LogP contribution in [0.4, 0.5) is 4.39 Å². The Kier molecular flexibility index (Phi) is 3.65. The van der Waals surface area contributed by atoms with Crippen molar-refractivity contribution in [3.05, 3.63) is 72.3 Å². The van der Waals surface area contributed by atoms with Gasteiger partial charge in [0.1, 0.15) is 5.82 Å². The molecule has 0 atom stereocenters. The molecule has 0 fully saturated rings. The van der Waals surface area contributed by atoms with Crippen LogP contribution in [0.1, 0.15) is 5.56 Å². The fourth-order valence-electron chi connectivity index (χ4n) is 2.12.